The molecular weight excluding hydrogens is 283 g/mol. The molecule has 3 nitrogen and oxygen atoms in total. The summed E-state index contributed by atoms with van der Waals surface area (Å²) >= 11 is 0. The van der Waals surface area contributed by atoms with Crippen LogP contribution < -0.4 is 5.32 Å². The number of benzene rings is 2. The minimum atomic E-state index is -4.47. The van der Waals surface area contributed by atoms with E-state index in [4.69, 9.17) is 0 Å². The number of alkyl halides is 3. The Hall–Kier alpha value is -2.50. The molecule has 0 saturated carbocycles. The van der Waals surface area contributed by atoms with E-state index in [2.05, 4.69) is 5.32 Å². The maximum absolute atomic E-state index is 12.8. The van der Waals surface area contributed by atoms with Gasteiger partial charge in [-0.15, -0.1) is 0 Å². The van der Waals surface area contributed by atoms with Gasteiger partial charge in [0.25, 0.3) is 5.91 Å². The highest BCUT2D eigenvalue weighted by Gasteiger charge is 2.32. The molecule has 0 fully saturated rings. The van der Waals surface area contributed by atoms with Gasteiger partial charge in [0.15, 0.2) is 0 Å². The molecule has 2 aromatic carbocycles. The molecule has 0 bridgehead atoms. The van der Waals surface area contributed by atoms with Crippen LogP contribution in [0.3, 0.4) is 0 Å². The van der Waals surface area contributed by atoms with Crippen LogP contribution in [0.4, 0.5) is 13.2 Å². The molecule has 0 aliphatic rings. The lowest BCUT2D eigenvalue weighted by Gasteiger charge is -2.13. The molecule has 2 N–H and O–H groups in total. The number of hydrogen-bond acceptors (Lipinski definition) is 2. The van der Waals surface area contributed by atoms with Crippen molar-refractivity contribution >= 4 is 5.91 Å². The van der Waals surface area contributed by atoms with Crippen LogP contribution in [0.2, 0.25) is 0 Å². The van der Waals surface area contributed by atoms with Crippen molar-refractivity contribution in [1.82, 2.24) is 5.32 Å². The summed E-state index contributed by atoms with van der Waals surface area (Å²) in [4.78, 5) is 11.8. The average Bonchev–Trinajstić information content (AvgIpc) is 2.44. The summed E-state index contributed by atoms with van der Waals surface area (Å²) < 4.78 is 38.4. The predicted octanol–water partition coefficient (Wildman–Crippen LogP) is 3.34. The minimum Gasteiger partial charge on any atom is -0.508 e. The van der Waals surface area contributed by atoms with E-state index < -0.39 is 17.6 Å². The summed E-state index contributed by atoms with van der Waals surface area (Å²) in [5, 5.41) is 11.7. The van der Waals surface area contributed by atoms with E-state index in [1.165, 1.54) is 42.5 Å². The highest BCUT2D eigenvalue weighted by molar-refractivity contribution is 5.94. The second-order valence-electron chi connectivity index (χ2n) is 4.39. The van der Waals surface area contributed by atoms with Gasteiger partial charge in [0.05, 0.1) is 5.56 Å². The topological polar surface area (TPSA) is 49.3 Å². The molecule has 0 radical (unpaired) electrons. The Morgan fingerprint density at radius 2 is 1.81 bits per heavy atom. The first-order valence-electron chi connectivity index (χ1n) is 6.10. The Morgan fingerprint density at radius 3 is 2.48 bits per heavy atom. The zero-order valence-electron chi connectivity index (χ0n) is 10.8. The Bertz CT molecular complexity index is 653. The lowest BCUT2D eigenvalue weighted by Crippen LogP contribution is -2.24. The van der Waals surface area contributed by atoms with Gasteiger partial charge < -0.3 is 10.4 Å². The van der Waals surface area contributed by atoms with Gasteiger partial charge in [-0.3, -0.25) is 4.79 Å². The molecule has 0 atom stereocenters. The van der Waals surface area contributed by atoms with Crippen molar-refractivity contribution in [2.75, 3.05) is 0 Å². The molecule has 0 aliphatic carbocycles. The fourth-order valence-corrected chi connectivity index (χ4v) is 1.88. The van der Waals surface area contributed by atoms with Gasteiger partial charge in [-0.2, -0.15) is 13.2 Å². The Morgan fingerprint density at radius 1 is 1.10 bits per heavy atom. The summed E-state index contributed by atoms with van der Waals surface area (Å²) in [5.41, 5.74) is -0.612. The average molecular weight is 295 g/mol. The lowest BCUT2D eigenvalue weighted by atomic mass is 10.1. The molecule has 1 amide bonds. The van der Waals surface area contributed by atoms with Crippen molar-refractivity contribution in [1.29, 1.82) is 0 Å². The van der Waals surface area contributed by atoms with Gasteiger partial charge in [-0.25, -0.2) is 0 Å². The number of carbonyl (C=O) groups is 1. The van der Waals surface area contributed by atoms with E-state index >= 15 is 0 Å². The minimum absolute atomic E-state index is 0.0153. The molecule has 0 aromatic heterocycles. The third-order valence-electron chi connectivity index (χ3n) is 2.87. The van der Waals surface area contributed by atoms with Crippen molar-refractivity contribution in [2.24, 2.45) is 0 Å². The number of nitrogens with one attached hydrogen (secondary N) is 1. The summed E-state index contributed by atoms with van der Waals surface area (Å²) in [5.74, 6) is -0.638. The van der Waals surface area contributed by atoms with Crippen molar-refractivity contribution in [3.05, 3.63) is 65.2 Å². The second kappa shape index (κ2) is 5.87. The maximum Gasteiger partial charge on any atom is 0.416 e. The zero-order chi connectivity index (χ0) is 15.5. The number of hydrogen-bond donors (Lipinski definition) is 2. The number of phenolic OH excluding ortho intramolecular Hbond substituents is 1. The Balaban J connectivity index is 2.12. The van der Waals surface area contributed by atoms with Crippen LogP contribution in [-0.2, 0) is 12.7 Å². The number of phenols is 1. The third-order valence-corrected chi connectivity index (χ3v) is 2.87. The maximum atomic E-state index is 12.8. The number of carbonyl (C=O) groups excluding carboxylic acids is 1. The van der Waals surface area contributed by atoms with Crippen molar-refractivity contribution < 1.29 is 23.1 Å². The molecule has 0 heterocycles. The van der Waals surface area contributed by atoms with E-state index in [0.717, 1.165) is 6.07 Å². The standard InChI is InChI=1S/C15H12F3NO2/c16-15(17,18)13-7-2-1-4-11(13)9-19-14(21)10-5-3-6-12(20)8-10/h1-8,20H,9H2,(H,19,21). The van der Waals surface area contributed by atoms with Crippen LogP contribution in [0.15, 0.2) is 48.5 Å². The summed E-state index contributed by atoms with van der Waals surface area (Å²) in [6.07, 6.45) is -4.47. The molecule has 21 heavy (non-hydrogen) atoms. The van der Waals surface area contributed by atoms with Crippen LogP contribution in [0.5, 0.6) is 5.75 Å². The number of amides is 1. The highest BCUT2D eigenvalue weighted by Crippen LogP contribution is 2.31. The molecule has 0 saturated heterocycles. The van der Waals surface area contributed by atoms with Crippen molar-refractivity contribution in [3.63, 3.8) is 0 Å². The second-order valence-corrected chi connectivity index (χ2v) is 4.39. The molecule has 0 spiro atoms. The van der Waals surface area contributed by atoms with Gasteiger partial charge >= 0.3 is 6.18 Å². The van der Waals surface area contributed by atoms with Gasteiger partial charge in [0, 0.05) is 12.1 Å². The van der Waals surface area contributed by atoms with Gasteiger partial charge in [0.2, 0.25) is 0 Å². The monoisotopic (exact) mass is 295 g/mol. The third kappa shape index (κ3) is 3.75. The molecule has 2 rings (SSSR count). The number of rotatable bonds is 3. The van der Waals surface area contributed by atoms with E-state index in [9.17, 15) is 23.1 Å². The fraction of sp³-hybridized carbons (Fsp3) is 0.133. The smallest absolute Gasteiger partial charge is 0.416 e. The lowest BCUT2D eigenvalue weighted by molar-refractivity contribution is -0.138. The van der Waals surface area contributed by atoms with Gasteiger partial charge in [-0.1, -0.05) is 24.3 Å². The first-order chi connectivity index (χ1) is 9.88. The quantitative estimate of drug-likeness (QED) is 0.912. The molecule has 0 unspecified atom stereocenters. The molecular formula is C15H12F3NO2. The number of aromatic hydroxyl groups is 1. The fourth-order valence-electron chi connectivity index (χ4n) is 1.88. The van der Waals surface area contributed by atoms with Gasteiger partial charge in [-0.05, 0) is 29.8 Å². The zero-order valence-corrected chi connectivity index (χ0v) is 10.8. The summed E-state index contributed by atoms with van der Waals surface area (Å²) in [6, 6.07) is 10.6. The van der Waals surface area contributed by atoms with Crippen LogP contribution in [0.25, 0.3) is 0 Å². The van der Waals surface area contributed by atoms with E-state index in [1.54, 1.807) is 0 Å². The van der Waals surface area contributed by atoms with Crippen LogP contribution in [0, 0.1) is 0 Å². The molecule has 6 heteroatoms. The van der Waals surface area contributed by atoms with E-state index in [-0.39, 0.29) is 23.4 Å². The molecule has 2 aromatic rings. The van der Waals surface area contributed by atoms with Crippen molar-refractivity contribution in [2.45, 2.75) is 12.7 Å². The van der Waals surface area contributed by atoms with E-state index in [1.807, 2.05) is 0 Å². The first-order valence-corrected chi connectivity index (χ1v) is 6.10. The largest absolute Gasteiger partial charge is 0.508 e. The van der Waals surface area contributed by atoms with Crippen LogP contribution >= 0.6 is 0 Å². The predicted molar refractivity (Wildman–Crippen MR) is 70.7 cm³/mol. The first kappa shape index (κ1) is 14.9. The van der Waals surface area contributed by atoms with Crippen LogP contribution in [-0.4, -0.2) is 11.0 Å². The molecule has 0 aliphatic heterocycles. The summed E-state index contributed by atoms with van der Waals surface area (Å²) in [6.45, 7) is -0.246. The Kier molecular flexibility index (Phi) is 4.16. The molecule has 110 valence electrons. The Labute approximate surface area is 119 Å². The number of halogens is 3. The highest BCUT2D eigenvalue weighted by atomic mass is 19.4. The SMILES string of the molecule is O=C(NCc1ccccc1C(F)(F)F)c1cccc(O)c1. The normalized spacial score (nSPS) is 11.2. The van der Waals surface area contributed by atoms with E-state index in [0.29, 0.717) is 0 Å². The summed E-state index contributed by atoms with van der Waals surface area (Å²) in [7, 11) is 0. The van der Waals surface area contributed by atoms with Gasteiger partial charge in [0.1, 0.15) is 5.75 Å². The van der Waals surface area contributed by atoms with Crippen LogP contribution in [0.1, 0.15) is 21.5 Å². The van der Waals surface area contributed by atoms with Crippen molar-refractivity contribution in [3.8, 4) is 5.75 Å².